The third-order valence-corrected chi connectivity index (χ3v) is 3.95. The second-order valence-electron chi connectivity index (χ2n) is 5.63. The maximum atomic E-state index is 5.74. The first kappa shape index (κ1) is 13.8. The van der Waals surface area contributed by atoms with Gasteiger partial charge >= 0.3 is 0 Å². The number of aryl methyl sites for hydroxylation is 1. The highest BCUT2D eigenvalue weighted by molar-refractivity contribution is 5.43. The molecular weight excluding hydrogens is 262 g/mol. The molecule has 0 spiro atoms. The number of nitrogen functional groups attached to an aromatic ring is 1. The van der Waals surface area contributed by atoms with Gasteiger partial charge in [0.15, 0.2) is 0 Å². The van der Waals surface area contributed by atoms with Crippen molar-refractivity contribution in [3.63, 3.8) is 0 Å². The molecule has 1 aromatic carbocycles. The van der Waals surface area contributed by atoms with Crippen molar-refractivity contribution >= 4 is 11.8 Å². The van der Waals surface area contributed by atoms with Crippen LogP contribution in [-0.2, 0) is 6.54 Å². The fraction of sp³-hybridized carbons (Fsp3) is 0.375. The zero-order chi connectivity index (χ0) is 14.7. The predicted molar refractivity (Wildman–Crippen MR) is 84.2 cm³/mol. The minimum Gasteiger partial charge on any atom is -0.368 e. The van der Waals surface area contributed by atoms with E-state index in [1.165, 1.54) is 5.56 Å². The van der Waals surface area contributed by atoms with E-state index in [0.29, 0.717) is 5.95 Å². The van der Waals surface area contributed by atoms with Crippen LogP contribution >= 0.6 is 0 Å². The number of hydrogen-bond donors (Lipinski definition) is 2. The number of nitrogens with two attached hydrogens (primary N) is 1. The van der Waals surface area contributed by atoms with E-state index in [9.17, 15) is 0 Å². The topological polar surface area (TPSA) is 59.5 Å². The van der Waals surface area contributed by atoms with E-state index in [2.05, 4.69) is 45.2 Å². The van der Waals surface area contributed by atoms with E-state index in [0.717, 1.165) is 44.2 Å². The molecule has 1 fully saturated rings. The summed E-state index contributed by atoms with van der Waals surface area (Å²) in [4.78, 5) is 12.4. The lowest BCUT2D eigenvalue weighted by Crippen LogP contribution is -3.13. The molecule has 1 aliphatic heterocycles. The number of piperazine rings is 1. The van der Waals surface area contributed by atoms with Gasteiger partial charge in [0, 0.05) is 17.3 Å². The van der Waals surface area contributed by atoms with Crippen LogP contribution in [0, 0.1) is 6.92 Å². The van der Waals surface area contributed by atoms with Crippen LogP contribution in [0.4, 0.5) is 11.8 Å². The lowest BCUT2D eigenvalue weighted by atomic mass is 10.2. The zero-order valence-corrected chi connectivity index (χ0v) is 12.4. The Morgan fingerprint density at radius 3 is 2.52 bits per heavy atom. The molecular formula is C16H22N5+. The van der Waals surface area contributed by atoms with Gasteiger partial charge in [0.25, 0.3) is 0 Å². The third-order valence-electron chi connectivity index (χ3n) is 3.95. The molecule has 1 aliphatic rings. The summed E-state index contributed by atoms with van der Waals surface area (Å²) in [5.41, 5.74) is 8.07. The summed E-state index contributed by atoms with van der Waals surface area (Å²) in [6.07, 6.45) is 0. The first-order valence-corrected chi connectivity index (χ1v) is 7.44. The van der Waals surface area contributed by atoms with Crippen LogP contribution in [0.25, 0.3) is 0 Å². The average molecular weight is 284 g/mol. The van der Waals surface area contributed by atoms with Crippen molar-refractivity contribution in [1.82, 2.24) is 9.97 Å². The predicted octanol–water partition coefficient (Wildman–Crippen LogP) is 0.272. The Morgan fingerprint density at radius 2 is 1.86 bits per heavy atom. The van der Waals surface area contributed by atoms with Crippen molar-refractivity contribution in [2.24, 2.45) is 0 Å². The average Bonchev–Trinajstić information content (AvgIpc) is 2.48. The van der Waals surface area contributed by atoms with Crippen LogP contribution in [0.5, 0.6) is 0 Å². The van der Waals surface area contributed by atoms with E-state index < -0.39 is 0 Å². The van der Waals surface area contributed by atoms with Crippen LogP contribution in [0.3, 0.4) is 0 Å². The fourth-order valence-corrected chi connectivity index (χ4v) is 2.85. The molecule has 0 saturated carbocycles. The van der Waals surface area contributed by atoms with Crippen molar-refractivity contribution in [1.29, 1.82) is 0 Å². The molecule has 3 rings (SSSR count). The number of nitrogens with zero attached hydrogens (tertiary/aromatic N) is 3. The summed E-state index contributed by atoms with van der Waals surface area (Å²) >= 11 is 0. The van der Waals surface area contributed by atoms with E-state index in [1.807, 2.05) is 13.0 Å². The Balaban J connectivity index is 1.60. The van der Waals surface area contributed by atoms with Gasteiger partial charge in [-0.05, 0) is 6.92 Å². The highest BCUT2D eigenvalue weighted by atomic mass is 15.3. The number of hydrogen-bond acceptors (Lipinski definition) is 4. The van der Waals surface area contributed by atoms with E-state index in [1.54, 1.807) is 4.90 Å². The number of nitrogens with one attached hydrogen (secondary N) is 1. The third kappa shape index (κ3) is 3.49. The van der Waals surface area contributed by atoms with Crippen molar-refractivity contribution in [2.45, 2.75) is 13.5 Å². The monoisotopic (exact) mass is 284 g/mol. The largest absolute Gasteiger partial charge is 0.368 e. The summed E-state index contributed by atoms with van der Waals surface area (Å²) in [5.74, 6) is 1.32. The summed E-state index contributed by atoms with van der Waals surface area (Å²) in [6, 6.07) is 12.7. The number of quaternary nitrogens is 1. The van der Waals surface area contributed by atoms with Gasteiger partial charge in [0.05, 0.1) is 26.2 Å². The van der Waals surface area contributed by atoms with Gasteiger partial charge in [-0.3, -0.25) is 0 Å². The quantitative estimate of drug-likeness (QED) is 0.849. The molecule has 5 heteroatoms. The lowest BCUT2D eigenvalue weighted by molar-refractivity contribution is -0.914. The van der Waals surface area contributed by atoms with Gasteiger partial charge in [-0.2, -0.15) is 4.98 Å². The molecule has 110 valence electrons. The smallest absolute Gasteiger partial charge is 0.222 e. The van der Waals surface area contributed by atoms with Crippen molar-refractivity contribution in [3.8, 4) is 0 Å². The Bertz CT molecular complexity index is 571. The molecule has 0 bridgehead atoms. The van der Waals surface area contributed by atoms with Gasteiger partial charge in [0.1, 0.15) is 12.4 Å². The van der Waals surface area contributed by atoms with E-state index >= 15 is 0 Å². The van der Waals surface area contributed by atoms with Crippen molar-refractivity contribution in [3.05, 3.63) is 47.7 Å². The Hall–Kier alpha value is -2.14. The molecule has 1 saturated heterocycles. The molecule has 0 radical (unpaired) electrons. The van der Waals surface area contributed by atoms with Crippen molar-refractivity contribution in [2.75, 3.05) is 36.8 Å². The summed E-state index contributed by atoms with van der Waals surface area (Å²) in [7, 11) is 0. The summed E-state index contributed by atoms with van der Waals surface area (Å²) < 4.78 is 0. The molecule has 2 aromatic rings. The lowest BCUT2D eigenvalue weighted by Gasteiger charge is -2.33. The van der Waals surface area contributed by atoms with Crippen LogP contribution in [0.2, 0.25) is 0 Å². The van der Waals surface area contributed by atoms with Crippen LogP contribution in [0.15, 0.2) is 36.4 Å². The summed E-state index contributed by atoms with van der Waals surface area (Å²) in [6.45, 7) is 7.32. The Labute approximate surface area is 125 Å². The van der Waals surface area contributed by atoms with Crippen LogP contribution < -0.4 is 15.5 Å². The van der Waals surface area contributed by atoms with Gasteiger partial charge in [-0.25, -0.2) is 4.98 Å². The van der Waals surface area contributed by atoms with Crippen LogP contribution in [-0.4, -0.2) is 36.1 Å². The van der Waals surface area contributed by atoms with Gasteiger partial charge in [-0.15, -0.1) is 0 Å². The number of anilines is 2. The summed E-state index contributed by atoms with van der Waals surface area (Å²) in [5, 5.41) is 0. The number of benzene rings is 1. The van der Waals surface area contributed by atoms with Gasteiger partial charge in [-0.1, -0.05) is 30.3 Å². The number of aromatic nitrogens is 2. The minimum absolute atomic E-state index is 0.365. The first-order valence-electron chi connectivity index (χ1n) is 7.44. The zero-order valence-electron chi connectivity index (χ0n) is 12.4. The fourth-order valence-electron chi connectivity index (χ4n) is 2.85. The highest BCUT2D eigenvalue weighted by Gasteiger charge is 2.21. The van der Waals surface area contributed by atoms with Gasteiger partial charge < -0.3 is 15.5 Å². The normalized spacial score (nSPS) is 16.1. The standard InChI is InChI=1S/C16H21N5/c1-13-11-15(19-16(17)18-13)21-9-7-20(8-10-21)12-14-5-3-2-4-6-14/h2-6,11H,7-10,12H2,1H3,(H2,17,18,19)/p+1. The SMILES string of the molecule is Cc1cc(N2CC[NH+](Cc3ccccc3)CC2)nc(N)n1. The van der Waals surface area contributed by atoms with Crippen molar-refractivity contribution < 1.29 is 4.90 Å². The van der Waals surface area contributed by atoms with Gasteiger partial charge in [0.2, 0.25) is 5.95 Å². The molecule has 5 nitrogen and oxygen atoms in total. The van der Waals surface area contributed by atoms with Crippen LogP contribution in [0.1, 0.15) is 11.3 Å². The second-order valence-corrected chi connectivity index (χ2v) is 5.63. The molecule has 0 atom stereocenters. The molecule has 0 amide bonds. The molecule has 1 aromatic heterocycles. The minimum atomic E-state index is 0.365. The first-order chi connectivity index (χ1) is 10.2. The maximum absolute atomic E-state index is 5.74. The number of rotatable bonds is 3. The van der Waals surface area contributed by atoms with E-state index in [-0.39, 0.29) is 0 Å². The highest BCUT2D eigenvalue weighted by Crippen LogP contribution is 2.13. The molecule has 0 aliphatic carbocycles. The maximum Gasteiger partial charge on any atom is 0.222 e. The molecule has 3 N–H and O–H groups in total. The molecule has 2 heterocycles. The Morgan fingerprint density at radius 1 is 1.14 bits per heavy atom. The second kappa shape index (κ2) is 6.10. The Kier molecular flexibility index (Phi) is 4.01. The molecule has 21 heavy (non-hydrogen) atoms. The van der Waals surface area contributed by atoms with E-state index in [4.69, 9.17) is 5.73 Å². The molecule has 0 unspecified atom stereocenters.